The zero-order valence-corrected chi connectivity index (χ0v) is 15.0. The molecule has 27 heavy (non-hydrogen) atoms. The summed E-state index contributed by atoms with van der Waals surface area (Å²) < 4.78 is 1.89. The predicted octanol–water partition coefficient (Wildman–Crippen LogP) is -0.654. The van der Waals surface area contributed by atoms with Gasteiger partial charge in [0, 0.05) is 36.9 Å². The Bertz CT molecular complexity index is 840. The number of pyridine rings is 1. The van der Waals surface area contributed by atoms with Gasteiger partial charge in [0.2, 0.25) is 17.7 Å². The molecule has 3 rings (SSSR count). The lowest BCUT2D eigenvalue weighted by Gasteiger charge is -2.33. The Morgan fingerprint density at radius 3 is 2.70 bits per heavy atom. The molecule has 9 heteroatoms. The van der Waals surface area contributed by atoms with E-state index in [1.807, 2.05) is 22.9 Å². The lowest BCUT2D eigenvalue weighted by molar-refractivity contribution is -0.133. The number of carbonyl (C=O) groups excluding carboxylic acids is 3. The first-order valence-electron chi connectivity index (χ1n) is 8.95. The summed E-state index contributed by atoms with van der Waals surface area (Å²) in [6.07, 6.45) is 6.48. The third-order valence-electron chi connectivity index (χ3n) is 4.83. The van der Waals surface area contributed by atoms with Crippen molar-refractivity contribution < 1.29 is 14.4 Å². The van der Waals surface area contributed by atoms with Crippen LogP contribution in [-0.2, 0) is 20.9 Å². The van der Waals surface area contributed by atoms with E-state index in [1.165, 1.54) is 0 Å². The van der Waals surface area contributed by atoms with Gasteiger partial charge < -0.3 is 26.3 Å². The van der Waals surface area contributed by atoms with E-state index in [1.54, 1.807) is 17.3 Å². The van der Waals surface area contributed by atoms with Crippen LogP contribution in [0.25, 0.3) is 10.9 Å². The van der Waals surface area contributed by atoms with Crippen LogP contribution in [-0.4, -0.2) is 57.3 Å². The first-order valence-corrected chi connectivity index (χ1v) is 8.95. The zero-order chi connectivity index (χ0) is 19.4. The molecule has 0 aromatic carbocycles. The predicted molar refractivity (Wildman–Crippen MR) is 99.3 cm³/mol. The highest BCUT2D eigenvalue weighted by atomic mass is 16.2. The highest BCUT2D eigenvalue weighted by molar-refractivity contribution is 5.87. The average molecular weight is 372 g/mol. The number of hydrogen-bond acceptors (Lipinski definition) is 5. The summed E-state index contributed by atoms with van der Waals surface area (Å²) >= 11 is 0. The highest BCUT2D eigenvalue weighted by Crippen LogP contribution is 2.16. The third-order valence-corrected chi connectivity index (χ3v) is 4.83. The van der Waals surface area contributed by atoms with Gasteiger partial charge in [-0.25, -0.2) is 0 Å². The first-order chi connectivity index (χ1) is 12.9. The monoisotopic (exact) mass is 372 g/mol. The van der Waals surface area contributed by atoms with Crippen LogP contribution in [0.1, 0.15) is 19.3 Å². The standard InChI is InChI=1S/C18H24N6O3/c19-14(9-16(20)25)18(27)22-13-3-7-23(8-4-13)17(26)11-24-6-2-12-1-5-21-10-15(12)24/h1-2,5-6,10,13-14H,3-4,7-9,11,19H2,(H2,20,25)(H,22,27). The fourth-order valence-corrected chi connectivity index (χ4v) is 3.30. The van der Waals surface area contributed by atoms with Crippen molar-refractivity contribution in [3.8, 4) is 0 Å². The van der Waals surface area contributed by atoms with Crippen LogP contribution < -0.4 is 16.8 Å². The molecule has 1 unspecified atom stereocenters. The number of carbonyl (C=O) groups is 3. The largest absolute Gasteiger partial charge is 0.370 e. The number of primary amides is 1. The summed E-state index contributed by atoms with van der Waals surface area (Å²) in [6.45, 7) is 1.38. The van der Waals surface area contributed by atoms with Gasteiger partial charge in [0.25, 0.3) is 0 Å². The molecule has 0 bridgehead atoms. The molecule has 1 atom stereocenters. The fourth-order valence-electron chi connectivity index (χ4n) is 3.30. The normalized spacial score (nSPS) is 16.3. The van der Waals surface area contributed by atoms with E-state index in [4.69, 9.17) is 11.5 Å². The molecular formula is C18H24N6O3. The van der Waals surface area contributed by atoms with Gasteiger partial charge in [0.1, 0.15) is 6.54 Å². The highest BCUT2D eigenvalue weighted by Gasteiger charge is 2.26. The molecule has 1 aliphatic rings. The van der Waals surface area contributed by atoms with Gasteiger partial charge >= 0.3 is 0 Å². The smallest absolute Gasteiger partial charge is 0.242 e. The molecule has 1 fully saturated rings. The second-order valence-corrected chi connectivity index (χ2v) is 6.82. The van der Waals surface area contributed by atoms with E-state index in [2.05, 4.69) is 10.3 Å². The summed E-state index contributed by atoms with van der Waals surface area (Å²) in [6, 6.07) is 2.88. The molecule has 2 aromatic heterocycles. The third kappa shape index (κ3) is 4.62. The van der Waals surface area contributed by atoms with Crippen LogP contribution in [0.15, 0.2) is 30.7 Å². The van der Waals surface area contributed by atoms with Crippen LogP contribution >= 0.6 is 0 Å². The average Bonchev–Trinajstić information content (AvgIpc) is 3.04. The van der Waals surface area contributed by atoms with E-state index in [-0.39, 0.29) is 30.8 Å². The van der Waals surface area contributed by atoms with Crippen LogP contribution in [0.3, 0.4) is 0 Å². The van der Waals surface area contributed by atoms with Gasteiger partial charge in [-0.1, -0.05) is 0 Å². The summed E-state index contributed by atoms with van der Waals surface area (Å²) in [7, 11) is 0. The summed E-state index contributed by atoms with van der Waals surface area (Å²) in [5.74, 6) is -0.956. The molecule has 0 spiro atoms. The number of nitrogens with one attached hydrogen (secondary N) is 1. The lowest BCUT2D eigenvalue weighted by Crippen LogP contribution is -2.51. The van der Waals surface area contributed by atoms with Gasteiger partial charge in [-0.05, 0) is 25.0 Å². The number of nitrogens with two attached hydrogens (primary N) is 2. The molecule has 3 heterocycles. The Morgan fingerprint density at radius 2 is 2.00 bits per heavy atom. The van der Waals surface area contributed by atoms with Gasteiger partial charge in [-0.15, -0.1) is 0 Å². The van der Waals surface area contributed by atoms with E-state index in [0.717, 1.165) is 10.9 Å². The Labute approximate surface area is 156 Å². The first kappa shape index (κ1) is 18.8. The Balaban J connectivity index is 1.49. The molecule has 2 aromatic rings. The summed E-state index contributed by atoms with van der Waals surface area (Å²) in [5, 5.41) is 3.88. The topological polar surface area (TPSA) is 136 Å². The number of fused-ring (bicyclic) bond motifs is 1. The van der Waals surface area contributed by atoms with Crippen molar-refractivity contribution in [1.29, 1.82) is 0 Å². The molecule has 1 saturated heterocycles. The van der Waals surface area contributed by atoms with Crippen molar-refractivity contribution in [3.05, 3.63) is 30.7 Å². The number of aromatic nitrogens is 2. The maximum Gasteiger partial charge on any atom is 0.242 e. The lowest BCUT2D eigenvalue weighted by atomic mass is 10.0. The quantitative estimate of drug-likeness (QED) is 0.619. The van der Waals surface area contributed by atoms with Crippen molar-refractivity contribution in [3.63, 3.8) is 0 Å². The fraction of sp³-hybridized carbons (Fsp3) is 0.444. The number of amides is 3. The molecule has 9 nitrogen and oxygen atoms in total. The van der Waals surface area contributed by atoms with E-state index >= 15 is 0 Å². The van der Waals surface area contributed by atoms with Crippen LogP contribution in [0.5, 0.6) is 0 Å². The molecule has 144 valence electrons. The second-order valence-electron chi connectivity index (χ2n) is 6.82. The minimum absolute atomic E-state index is 0.0339. The van der Waals surface area contributed by atoms with E-state index in [9.17, 15) is 14.4 Å². The molecule has 0 radical (unpaired) electrons. The number of nitrogens with zero attached hydrogens (tertiary/aromatic N) is 3. The van der Waals surface area contributed by atoms with Crippen molar-refractivity contribution >= 4 is 28.6 Å². The number of hydrogen-bond donors (Lipinski definition) is 3. The van der Waals surface area contributed by atoms with Crippen molar-refractivity contribution in [2.24, 2.45) is 11.5 Å². The molecule has 1 aliphatic heterocycles. The van der Waals surface area contributed by atoms with Crippen molar-refractivity contribution in [1.82, 2.24) is 19.8 Å². The Hall–Kier alpha value is -2.94. The van der Waals surface area contributed by atoms with Gasteiger partial charge in [-0.3, -0.25) is 19.4 Å². The number of piperidine rings is 1. The number of rotatable bonds is 6. The molecule has 0 aliphatic carbocycles. The Morgan fingerprint density at radius 1 is 1.26 bits per heavy atom. The molecule has 5 N–H and O–H groups in total. The zero-order valence-electron chi connectivity index (χ0n) is 15.0. The maximum atomic E-state index is 12.6. The minimum atomic E-state index is -0.933. The van der Waals surface area contributed by atoms with Crippen LogP contribution in [0.2, 0.25) is 0 Å². The molecule has 0 saturated carbocycles. The summed E-state index contributed by atoms with van der Waals surface area (Å²) in [5.41, 5.74) is 11.6. The van der Waals surface area contributed by atoms with Crippen LogP contribution in [0, 0.1) is 0 Å². The summed E-state index contributed by atoms with van der Waals surface area (Å²) in [4.78, 5) is 41.3. The van der Waals surface area contributed by atoms with E-state index in [0.29, 0.717) is 25.9 Å². The van der Waals surface area contributed by atoms with Crippen molar-refractivity contribution in [2.45, 2.75) is 37.9 Å². The SMILES string of the molecule is NC(=O)CC(N)C(=O)NC1CCN(C(=O)Cn2ccc3ccncc32)CC1. The van der Waals surface area contributed by atoms with Gasteiger partial charge in [0.15, 0.2) is 0 Å². The van der Waals surface area contributed by atoms with Crippen LogP contribution in [0.4, 0.5) is 0 Å². The van der Waals surface area contributed by atoms with Gasteiger partial charge in [0.05, 0.1) is 24.2 Å². The van der Waals surface area contributed by atoms with Gasteiger partial charge in [-0.2, -0.15) is 0 Å². The Kier molecular flexibility index (Phi) is 5.70. The van der Waals surface area contributed by atoms with E-state index < -0.39 is 11.9 Å². The molecule has 3 amide bonds. The van der Waals surface area contributed by atoms with Crippen molar-refractivity contribution in [2.75, 3.05) is 13.1 Å². The maximum absolute atomic E-state index is 12.6. The molecular weight excluding hydrogens is 348 g/mol. The number of likely N-dealkylation sites (tertiary alicyclic amines) is 1. The second kappa shape index (κ2) is 8.17. The minimum Gasteiger partial charge on any atom is -0.370 e.